The van der Waals surface area contributed by atoms with E-state index in [9.17, 15) is 4.79 Å². The highest BCUT2D eigenvalue weighted by Gasteiger charge is 2.24. The molecule has 0 aliphatic carbocycles. The van der Waals surface area contributed by atoms with Crippen LogP contribution in [0.15, 0.2) is 30.3 Å². The second-order valence-corrected chi connectivity index (χ2v) is 5.48. The highest BCUT2D eigenvalue weighted by molar-refractivity contribution is 7.20. The average Bonchev–Trinajstić information content (AvgIpc) is 2.82. The van der Waals surface area contributed by atoms with Gasteiger partial charge in [-0.1, -0.05) is 25.1 Å². The summed E-state index contributed by atoms with van der Waals surface area (Å²) in [4.78, 5) is 12.7. The number of nitrogens with zero attached hydrogens (tertiary/aromatic N) is 1. The minimum absolute atomic E-state index is 0.179. The van der Waals surface area contributed by atoms with Crippen molar-refractivity contribution < 1.29 is 4.79 Å². The lowest BCUT2D eigenvalue weighted by atomic mass is 10.0. The van der Waals surface area contributed by atoms with Crippen molar-refractivity contribution in [3.05, 3.63) is 35.2 Å². The number of hydrogen-bond acceptors (Lipinski definition) is 3. The molecule has 0 saturated carbocycles. The number of fused-ring (bicyclic) bond motifs is 1. The van der Waals surface area contributed by atoms with Crippen LogP contribution in [-0.4, -0.2) is 11.4 Å². The van der Waals surface area contributed by atoms with Crippen molar-refractivity contribution in [2.75, 3.05) is 0 Å². The molecule has 2 rings (SSSR count). The second kappa shape index (κ2) is 4.79. The Balaban J connectivity index is 2.27. The molecule has 1 aromatic carbocycles. The quantitative estimate of drug-likeness (QED) is 0.918. The largest absolute Gasteiger partial charge is 0.333 e. The first-order chi connectivity index (χ1) is 8.58. The molecule has 0 saturated heterocycles. The zero-order chi connectivity index (χ0) is 13.2. The summed E-state index contributed by atoms with van der Waals surface area (Å²) in [6.45, 7) is 3.62. The van der Waals surface area contributed by atoms with Crippen LogP contribution >= 0.6 is 11.3 Å². The first kappa shape index (κ1) is 12.6. The van der Waals surface area contributed by atoms with Crippen LogP contribution in [0.2, 0.25) is 0 Å². The van der Waals surface area contributed by atoms with Crippen molar-refractivity contribution in [2.24, 2.45) is 0 Å². The number of hydrogen-bond donors (Lipinski definition) is 1. The van der Waals surface area contributed by atoms with E-state index in [1.54, 1.807) is 6.92 Å². The van der Waals surface area contributed by atoms with E-state index in [1.807, 2.05) is 37.3 Å². The molecule has 0 radical (unpaired) electrons. The molecule has 4 heteroatoms. The van der Waals surface area contributed by atoms with Gasteiger partial charge in [0.1, 0.15) is 5.54 Å². The first-order valence-corrected chi connectivity index (χ1v) is 6.62. The summed E-state index contributed by atoms with van der Waals surface area (Å²) in [5.74, 6) is -0.179. The molecule has 0 unspecified atom stereocenters. The normalized spacial score (nSPS) is 13.8. The number of benzene rings is 1. The summed E-state index contributed by atoms with van der Waals surface area (Å²) >= 11 is 1.45. The second-order valence-electron chi connectivity index (χ2n) is 4.40. The number of thiophene rings is 1. The number of nitrogens with one attached hydrogen (secondary N) is 1. The summed E-state index contributed by atoms with van der Waals surface area (Å²) in [5, 5.41) is 12.9. The third kappa shape index (κ3) is 2.36. The fraction of sp³-hybridized carbons (Fsp3) is 0.286. The van der Waals surface area contributed by atoms with Crippen LogP contribution in [0.3, 0.4) is 0 Å². The van der Waals surface area contributed by atoms with Crippen molar-refractivity contribution in [1.29, 1.82) is 5.26 Å². The zero-order valence-electron chi connectivity index (χ0n) is 10.4. The molecule has 0 spiro atoms. The molecular formula is C14H14N2OS. The third-order valence-corrected chi connectivity index (χ3v) is 4.11. The Hall–Kier alpha value is -1.86. The molecule has 0 fully saturated rings. The molecule has 0 aliphatic rings. The van der Waals surface area contributed by atoms with Gasteiger partial charge in [-0.05, 0) is 30.9 Å². The van der Waals surface area contributed by atoms with E-state index in [2.05, 4.69) is 11.4 Å². The van der Waals surface area contributed by atoms with Crippen molar-refractivity contribution in [3.63, 3.8) is 0 Å². The number of nitriles is 1. The maximum atomic E-state index is 12.1. The highest BCUT2D eigenvalue weighted by atomic mass is 32.1. The Morgan fingerprint density at radius 3 is 2.83 bits per heavy atom. The van der Waals surface area contributed by atoms with Crippen molar-refractivity contribution in [3.8, 4) is 6.07 Å². The fourth-order valence-electron chi connectivity index (χ4n) is 1.60. The standard InChI is InChI=1S/C14H14N2OS/c1-3-14(2,9-15)16-13(17)12-8-10-6-4-5-7-11(10)18-12/h4-8H,3H2,1-2H3,(H,16,17)/t14-/m1/s1. The van der Waals surface area contributed by atoms with Gasteiger partial charge in [0.15, 0.2) is 0 Å². The molecule has 18 heavy (non-hydrogen) atoms. The van der Waals surface area contributed by atoms with Gasteiger partial charge >= 0.3 is 0 Å². The van der Waals surface area contributed by atoms with Crippen LogP contribution in [0.1, 0.15) is 29.9 Å². The SMILES string of the molecule is CC[C@](C)(C#N)NC(=O)c1cc2ccccc2s1. The molecule has 3 nitrogen and oxygen atoms in total. The lowest BCUT2D eigenvalue weighted by Gasteiger charge is -2.20. The van der Waals surface area contributed by atoms with E-state index in [0.717, 1.165) is 10.1 Å². The maximum absolute atomic E-state index is 12.1. The minimum atomic E-state index is -0.798. The molecular weight excluding hydrogens is 244 g/mol. The van der Waals surface area contributed by atoms with E-state index < -0.39 is 5.54 Å². The molecule has 0 bridgehead atoms. The van der Waals surface area contributed by atoms with E-state index in [1.165, 1.54) is 11.3 Å². The number of carbonyl (C=O) groups excluding carboxylic acids is 1. The summed E-state index contributed by atoms with van der Waals surface area (Å²) in [5.41, 5.74) is -0.798. The highest BCUT2D eigenvalue weighted by Crippen LogP contribution is 2.25. The van der Waals surface area contributed by atoms with Crippen LogP contribution in [0.4, 0.5) is 0 Å². The number of rotatable bonds is 3. The van der Waals surface area contributed by atoms with Crippen molar-refractivity contribution >= 4 is 27.3 Å². The van der Waals surface area contributed by atoms with Gasteiger partial charge in [-0.2, -0.15) is 5.26 Å². The Labute approximate surface area is 110 Å². The average molecular weight is 258 g/mol. The van der Waals surface area contributed by atoms with Crippen LogP contribution in [0, 0.1) is 11.3 Å². The van der Waals surface area contributed by atoms with E-state index in [-0.39, 0.29) is 5.91 Å². The Morgan fingerprint density at radius 1 is 1.50 bits per heavy atom. The van der Waals surface area contributed by atoms with Gasteiger partial charge in [0.05, 0.1) is 10.9 Å². The van der Waals surface area contributed by atoms with Crippen molar-refractivity contribution in [1.82, 2.24) is 5.32 Å². The maximum Gasteiger partial charge on any atom is 0.262 e. The van der Waals surface area contributed by atoms with Gasteiger partial charge in [-0.15, -0.1) is 11.3 Å². The summed E-state index contributed by atoms with van der Waals surface area (Å²) in [6.07, 6.45) is 0.583. The fourth-order valence-corrected chi connectivity index (χ4v) is 2.56. The van der Waals surface area contributed by atoms with Crippen LogP contribution < -0.4 is 5.32 Å². The number of amides is 1. The number of carbonyl (C=O) groups is 1. The van der Waals surface area contributed by atoms with Gasteiger partial charge in [0, 0.05) is 4.70 Å². The molecule has 1 atom stereocenters. The summed E-state index contributed by atoms with van der Waals surface area (Å²) in [6, 6.07) is 11.9. The van der Waals surface area contributed by atoms with Gasteiger partial charge in [0.25, 0.3) is 5.91 Å². The van der Waals surface area contributed by atoms with Gasteiger partial charge in [-0.3, -0.25) is 4.79 Å². The molecule has 0 aliphatic heterocycles. The zero-order valence-corrected chi connectivity index (χ0v) is 11.2. The van der Waals surface area contributed by atoms with Crippen LogP contribution in [0.5, 0.6) is 0 Å². The smallest absolute Gasteiger partial charge is 0.262 e. The molecule has 2 aromatic rings. The molecule has 92 valence electrons. The monoisotopic (exact) mass is 258 g/mol. The van der Waals surface area contributed by atoms with Crippen LogP contribution in [-0.2, 0) is 0 Å². The predicted molar refractivity (Wildman–Crippen MR) is 73.6 cm³/mol. The van der Waals surface area contributed by atoms with Gasteiger partial charge in [0.2, 0.25) is 0 Å². The van der Waals surface area contributed by atoms with E-state index in [0.29, 0.717) is 11.3 Å². The van der Waals surface area contributed by atoms with E-state index in [4.69, 9.17) is 5.26 Å². The Kier molecular flexibility index (Phi) is 3.35. The van der Waals surface area contributed by atoms with Crippen molar-refractivity contribution in [2.45, 2.75) is 25.8 Å². The molecule has 1 N–H and O–H groups in total. The lowest BCUT2D eigenvalue weighted by molar-refractivity contribution is 0.0927. The Bertz CT molecular complexity index is 593. The van der Waals surface area contributed by atoms with E-state index >= 15 is 0 Å². The minimum Gasteiger partial charge on any atom is -0.333 e. The first-order valence-electron chi connectivity index (χ1n) is 5.80. The summed E-state index contributed by atoms with van der Waals surface area (Å²) < 4.78 is 1.08. The lowest BCUT2D eigenvalue weighted by Crippen LogP contribution is -2.43. The molecule has 1 amide bonds. The topological polar surface area (TPSA) is 52.9 Å². The molecule has 1 heterocycles. The van der Waals surface area contributed by atoms with Crippen LogP contribution in [0.25, 0.3) is 10.1 Å². The van der Waals surface area contributed by atoms with Gasteiger partial charge in [-0.25, -0.2) is 0 Å². The van der Waals surface area contributed by atoms with Gasteiger partial charge < -0.3 is 5.32 Å². The third-order valence-electron chi connectivity index (χ3n) is 2.99. The predicted octanol–water partition coefficient (Wildman–Crippen LogP) is 3.32. The Morgan fingerprint density at radius 2 is 2.22 bits per heavy atom. The molecule has 1 aromatic heterocycles. The summed E-state index contributed by atoms with van der Waals surface area (Å²) in [7, 11) is 0.